The molecule has 1 rings (SSSR count). The van der Waals surface area contributed by atoms with Crippen molar-refractivity contribution in [2.75, 3.05) is 0 Å². The van der Waals surface area contributed by atoms with Crippen LogP contribution in [0.25, 0.3) is 0 Å². The van der Waals surface area contributed by atoms with Crippen LogP contribution in [0.3, 0.4) is 0 Å². The highest BCUT2D eigenvalue weighted by atomic mass is 16.4. The van der Waals surface area contributed by atoms with E-state index >= 15 is 0 Å². The summed E-state index contributed by atoms with van der Waals surface area (Å²) < 4.78 is 0. The number of rotatable bonds is 6. The first-order chi connectivity index (χ1) is 9.69. The van der Waals surface area contributed by atoms with E-state index in [1.807, 2.05) is 0 Å². The fraction of sp³-hybridized carbons (Fsp3) is 0.882. The molecule has 0 aromatic heterocycles. The van der Waals surface area contributed by atoms with Gasteiger partial charge in [-0.2, -0.15) is 0 Å². The molecule has 0 aromatic rings. The Morgan fingerprint density at radius 2 is 1.67 bits per heavy atom. The third kappa shape index (κ3) is 4.72. The lowest BCUT2D eigenvalue weighted by Crippen LogP contribution is -2.43. The van der Waals surface area contributed by atoms with E-state index in [-0.39, 0.29) is 11.9 Å². The van der Waals surface area contributed by atoms with Crippen molar-refractivity contribution in [1.29, 1.82) is 0 Å². The van der Waals surface area contributed by atoms with Gasteiger partial charge in [0.2, 0.25) is 5.91 Å². The zero-order valence-corrected chi connectivity index (χ0v) is 14.1. The fourth-order valence-corrected chi connectivity index (χ4v) is 3.08. The van der Waals surface area contributed by atoms with Gasteiger partial charge in [-0.1, -0.05) is 41.0 Å². The van der Waals surface area contributed by atoms with Gasteiger partial charge in [0, 0.05) is 12.0 Å². The molecule has 1 amide bonds. The highest BCUT2D eigenvalue weighted by Gasteiger charge is 2.33. The summed E-state index contributed by atoms with van der Waals surface area (Å²) in [5, 5.41) is 12.0. The molecule has 4 nitrogen and oxygen atoms in total. The lowest BCUT2D eigenvalue weighted by molar-refractivity contribution is -0.146. The third-order valence-corrected chi connectivity index (χ3v) is 5.64. The molecule has 0 aliphatic heterocycles. The SMILES string of the molecule is CCC(C)(C)C1CCC(NC(=O)C(C)C(C)C(=O)O)CC1. The van der Waals surface area contributed by atoms with Crippen molar-refractivity contribution in [3.8, 4) is 0 Å². The number of aliphatic carboxylic acids is 1. The summed E-state index contributed by atoms with van der Waals surface area (Å²) in [6.07, 6.45) is 5.49. The quantitative estimate of drug-likeness (QED) is 0.789. The van der Waals surface area contributed by atoms with E-state index < -0.39 is 17.8 Å². The van der Waals surface area contributed by atoms with Crippen molar-refractivity contribution in [3.05, 3.63) is 0 Å². The Kier molecular flexibility index (Phi) is 6.24. The van der Waals surface area contributed by atoms with Crippen LogP contribution in [-0.4, -0.2) is 23.0 Å². The Morgan fingerprint density at radius 1 is 1.14 bits per heavy atom. The summed E-state index contributed by atoms with van der Waals surface area (Å²) in [4.78, 5) is 23.1. The standard InChI is InChI=1S/C17H31NO3/c1-6-17(4,5)13-7-9-14(10-8-13)18-15(19)11(2)12(3)16(20)21/h11-14H,6-10H2,1-5H3,(H,18,19)(H,20,21). The summed E-state index contributed by atoms with van der Waals surface area (Å²) in [6, 6.07) is 0.213. The van der Waals surface area contributed by atoms with Crippen LogP contribution >= 0.6 is 0 Å². The van der Waals surface area contributed by atoms with E-state index in [1.165, 1.54) is 6.42 Å². The van der Waals surface area contributed by atoms with Crippen LogP contribution < -0.4 is 5.32 Å². The predicted molar refractivity (Wildman–Crippen MR) is 83.9 cm³/mol. The summed E-state index contributed by atoms with van der Waals surface area (Å²) in [6.45, 7) is 10.2. The average Bonchev–Trinajstić information content (AvgIpc) is 2.46. The van der Waals surface area contributed by atoms with Gasteiger partial charge in [-0.3, -0.25) is 9.59 Å². The molecule has 0 aromatic carbocycles. The van der Waals surface area contributed by atoms with Gasteiger partial charge in [-0.05, 0) is 37.0 Å². The first-order valence-electron chi connectivity index (χ1n) is 8.22. The van der Waals surface area contributed by atoms with Crippen LogP contribution in [0.15, 0.2) is 0 Å². The van der Waals surface area contributed by atoms with E-state index in [2.05, 4.69) is 26.1 Å². The summed E-state index contributed by atoms with van der Waals surface area (Å²) in [5.74, 6) is -1.42. The second-order valence-corrected chi connectivity index (χ2v) is 7.31. The van der Waals surface area contributed by atoms with E-state index in [4.69, 9.17) is 5.11 Å². The van der Waals surface area contributed by atoms with E-state index in [0.29, 0.717) is 5.41 Å². The maximum Gasteiger partial charge on any atom is 0.307 e. The molecule has 21 heavy (non-hydrogen) atoms. The van der Waals surface area contributed by atoms with Crippen molar-refractivity contribution < 1.29 is 14.7 Å². The van der Waals surface area contributed by atoms with E-state index in [0.717, 1.165) is 31.6 Å². The normalized spacial score (nSPS) is 26.0. The molecule has 2 unspecified atom stereocenters. The molecule has 0 spiro atoms. The minimum absolute atomic E-state index is 0.122. The lowest BCUT2D eigenvalue weighted by Gasteiger charge is -2.39. The molecule has 0 heterocycles. The van der Waals surface area contributed by atoms with Gasteiger partial charge in [0.25, 0.3) is 0 Å². The lowest BCUT2D eigenvalue weighted by atomic mass is 9.69. The van der Waals surface area contributed by atoms with Crippen molar-refractivity contribution in [1.82, 2.24) is 5.32 Å². The minimum Gasteiger partial charge on any atom is -0.481 e. The van der Waals surface area contributed by atoms with Crippen LogP contribution in [0, 0.1) is 23.2 Å². The maximum atomic E-state index is 12.1. The largest absolute Gasteiger partial charge is 0.481 e. The van der Waals surface area contributed by atoms with Gasteiger partial charge in [-0.25, -0.2) is 0 Å². The van der Waals surface area contributed by atoms with Gasteiger partial charge in [0.15, 0.2) is 0 Å². The molecule has 0 radical (unpaired) electrons. The first-order valence-corrected chi connectivity index (χ1v) is 8.22. The predicted octanol–water partition coefficient (Wildman–Crippen LogP) is 3.45. The minimum atomic E-state index is -0.911. The molecule has 1 fully saturated rings. The van der Waals surface area contributed by atoms with Crippen LogP contribution in [0.4, 0.5) is 0 Å². The summed E-state index contributed by atoms with van der Waals surface area (Å²) >= 11 is 0. The number of hydrogen-bond donors (Lipinski definition) is 2. The van der Waals surface area contributed by atoms with Gasteiger partial charge in [0.1, 0.15) is 0 Å². The molecule has 1 aliphatic carbocycles. The number of carbonyl (C=O) groups is 2. The monoisotopic (exact) mass is 297 g/mol. The van der Waals surface area contributed by atoms with Crippen molar-refractivity contribution in [2.24, 2.45) is 23.2 Å². The van der Waals surface area contributed by atoms with Crippen molar-refractivity contribution in [2.45, 2.75) is 72.8 Å². The third-order valence-electron chi connectivity index (χ3n) is 5.64. The zero-order chi connectivity index (χ0) is 16.2. The summed E-state index contributed by atoms with van der Waals surface area (Å²) in [7, 11) is 0. The molecular formula is C17H31NO3. The van der Waals surface area contributed by atoms with Crippen LogP contribution in [-0.2, 0) is 9.59 Å². The molecule has 0 bridgehead atoms. The van der Waals surface area contributed by atoms with Crippen LogP contribution in [0.2, 0.25) is 0 Å². The van der Waals surface area contributed by atoms with Gasteiger partial charge in [-0.15, -0.1) is 0 Å². The maximum absolute atomic E-state index is 12.1. The van der Waals surface area contributed by atoms with Crippen LogP contribution in [0.1, 0.15) is 66.7 Å². The number of amides is 1. The topological polar surface area (TPSA) is 66.4 Å². The second-order valence-electron chi connectivity index (χ2n) is 7.31. The van der Waals surface area contributed by atoms with Crippen LogP contribution in [0.5, 0.6) is 0 Å². The Hall–Kier alpha value is -1.06. The van der Waals surface area contributed by atoms with E-state index in [1.54, 1.807) is 13.8 Å². The highest BCUT2D eigenvalue weighted by Crippen LogP contribution is 2.40. The number of hydrogen-bond acceptors (Lipinski definition) is 2. The van der Waals surface area contributed by atoms with Gasteiger partial charge in [0.05, 0.1) is 5.92 Å². The Morgan fingerprint density at radius 3 is 2.10 bits per heavy atom. The van der Waals surface area contributed by atoms with Crippen molar-refractivity contribution in [3.63, 3.8) is 0 Å². The Labute approximate surface area is 128 Å². The van der Waals surface area contributed by atoms with Gasteiger partial charge < -0.3 is 10.4 Å². The average molecular weight is 297 g/mol. The Bertz CT molecular complexity index is 370. The summed E-state index contributed by atoms with van der Waals surface area (Å²) in [5.41, 5.74) is 0.375. The molecule has 2 N–H and O–H groups in total. The van der Waals surface area contributed by atoms with Crippen molar-refractivity contribution >= 4 is 11.9 Å². The molecule has 0 saturated heterocycles. The molecule has 122 valence electrons. The number of carbonyl (C=O) groups excluding carboxylic acids is 1. The molecule has 4 heteroatoms. The molecule has 1 saturated carbocycles. The molecule has 1 aliphatic rings. The fourth-order valence-electron chi connectivity index (χ4n) is 3.08. The smallest absolute Gasteiger partial charge is 0.307 e. The number of carboxylic acid groups (broad SMARTS) is 1. The van der Waals surface area contributed by atoms with E-state index in [9.17, 15) is 9.59 Å². The second kappa shape index (κ2) is 7.28. The Balaban J connectivity index is 2.46. The molecule has 2 atom stereocenters. The zero-order valence-electron chi connectivity index (χ0n) is 14.1. The number of nitrogens with one attached hydrogen (secondary N) is 1. The molecular weight excluding hydrogens is 266 g/mol. The first kappa shape index (κ1) is 18.0. The number of carboxylic acids is 1. The highest BCUT2D eigenvalue weighted by molar-refractivity contribution is 5.84. The van der Waals surface area contributed by atoms with Gasteiger partial charge >= 0.3 is 5.97 Å².